The van der Waals surface area contributed by atoms with Crippen LogP contribution in [0.25, 0.3) is 10.2 Å². The molecule has 2 heterocycles. The molecule has 2 N–H and O–H groups in total. The molecule has 0 aliphatic carbocycles. The van der Waals surface area contributed by atoms with Gasteiger partial charge in [0.05, 0.1) is 5.39 Å². The second kappa shape index (κ2) is 6.88. The summed E-state index contributed by atoms with van der Waals surface area (Å²) in [6, 6.07) is 2.09. The molecule has 2 aromatic rings. The van der Waals surface area contributed by atoms with E-state index in [4.69, 9.17) is 0 Å². The van der Waals surface area contributed by atoms with Gasteiger partial charge in [-0.15, -0.1) is 11.3 Å². The van der Waals surface area contributed by atoms with E-state index < -0.39 is 0 Å². The van der Waals surface area contributed by atoms with Gasteiger partial charge in [0.2, 0.25) is 5.95 Å². The van der Waals surface area contributed by atoms with Crippen LogP contribution in [0.3, 0.4) is 0 Å². The summed E-state index contributed by atoms with van der Waals surface area (Å²) in [6.45, 7) is 10.7. The Labute approximate surface area is 125 Å². The fraction of sp³-hybridized carbons (Fsp3) is 0.600. The van der Waals surface area contributed by atoms with Gasteiger partial charge < -0.3 is 10.6 Å². The molecule has 0 saturated heterocycles. The lowest BCUT2D eigenvalue weighted by Crippen LogP contribution is -2.17. The van der Waals surface area contributed by atoms with Crippen molar-refractivity contribution in [2.45, 2.75) is 34.1 Å². The van der Waals surface area contributed by atoms with Gasteiger partial charge >= 0.3 is 0 Å². The lowest BCUT2D eigenvalue weighted by atomic mass is 9.98. The molecule has 5 heteroatoms. The van der Waals surface area contributed by atoms with Gasteiger partial charge in [-0.1, -0.05) is 27.7 Å². The van der Waals surface area contributed by atoms with Crippen LogP contribution in [0.1, 0.15) is 34.1 Å². The molecule has 0 aliphatic rings. The Bertz CT molecular complexity index is 550. The van der Waals surface area contributed by atoms with Crippen molar-refractivity contribution in [2.24, 2.45) is 11.8 Å². The summed E-state index contributed by atoms with van der Waals surface area (Å²) in [5, 5.41) is 9.95. The van der Waals surface area contributed by atoms with Crippen LogP contribution in [0.5, 0.6) is 0 Å². The standard InChI is InChI=1S/C15H24N4S/c1-5-7-16-15-18-13(17-9-11(4)10(2)3)12-6-8-20-14(12)19-15/h6,8,10-11H,5,7,9H2,1-4H3,(H2,16,17,18,19). The molecule has 0 aliphatic heterocycles. The van der Waals surface area contributed by atoms with Crippen LogP contribution < -0.4 is 10.6 Å². The molecule has 0 spiro atoms. The Balaban J connectivity index is 2.19. The van der Waals surface area contributed by atoms with Crippen molar-refractivity contribution in [3.05, 3.63) is 11.4 Å². The zero-order chi connectivity index (χ0) is 14.5. The van der Waals surface area contributed by atoms with Gasteiger partial charge in [-0.25, -0.2) is 4.98 Å². The van der Waals surface area contributed by atoms with Crippen molar-refractivity contribution in [2.75, 3.05) is 23.7 Å². The molecule has 0 radical (unpaired) electrons. The van der Waals surface area contributed by atoms with Gasteiger partial charge in [-0.05, 0) is 29.7 Å². The van der Waals surface area contributed by atoms with Crippen LogP contribution in [0.4, 0.5) is 11.8 Å². The first-order valence-corrected chi connectivity index (χ1v) is 8.22. The summed E-state index contributed by atoms with van der Waals surface area (Å²) in [5.41, 5.74) is 0. The Hall–Kier alpha value is -1.36. The van der Waals surface area contributed by atoms with Gasteiger partial charge in [-0.3, -0.25) is 0 Å². The van der Waals surface area contributed by atoms with Crippen LogP contribution in [0, 0.1) is 11.8 Å². The quantitative estimate of drug-likeness (QED) is 0.802. The van der Waals surface area contributed by atoms with Crippen molar-refractivity contribution in [3.63, 3.8) is 0 Å². The summed E-state index contributed by atoms with van der Waals surface area (Å²) in [7, 11) is 0. The maximum absolute atomic E-state index is 4.62. The Morgan fingerprint density at radius 1 is 1.20 bits per heavy atom. The number of aromatic nitrogens is 2. The number of anilines is 2. The van der Waals surface area contributed by atoms with Crippen molar-refractivity contribution in [1.82, 2.24) is 9.97 Å². The minimum atomic E-state index is 0.616. The van der Waals surface area contributed by atoms with Crippen molar-refractivity contribution < 1.29 is 0 Å². The van der Waals surface area contributed by atoms with E-state index in [0.29, 0.717) is 11.8 Å². The lowest BCUT2D eigenvalue weighted by molar-refractivity contribution is 0.439. The molecule has 1 unspecified atom stereocenters. The maximum Gasteiger partial charge on any atom is 0.226 e. The fourth-order valence-corrected chi connectivity index (χ4v) is 2.56. The average Bonchev–Trinajstić information content (AvgIpc) is 2.90. The molecule has 0 amide bonds. The van der Waals surface area contributed by atoms with Gasteiger partial charge in [0.15, 0.2) is 0 Å². The highest BCUT2D eigenvalue weighted by atomic mass is 32.1. The Morgan fingerprint density at radius 2 is 2.00 bits per heavy atom. The number of hydrogen-bond donors (Lipinski definition) is 2. The SMILES string of the molecule is CCCNc1nc(NCC(C)C(C)C)c2ccsc2n1. The molecular weight excluding hydrogens is 268 g/mol. The fourth-order valence-electron chi connectivity index (χ4n) is 1.80. The first-order chi connectivity index (χ1) is 9.61. The summed E-state index contributed by atoms with van der Waals surface area (Å²) in [6.07, 6.45) is 1.07. The number of hydrogen-bond acceptors (Lipinski definition) is 5. The molecule has 0 aromatic carbocycles. The van der Waals surface area contributed by atoms with Gasteiger partial charge in [-0.2, -0.15) is 4.98 Å². The monoisotopic (exact) mass is 292 g/mol. The predicted octanol–water partition coefficient (Wildman–Crippen LogP) is 4.22. The third kappa shape index (κ3) is 3.60. The highest BCUT2D eigenvalue weighted by Crippen LogP contribution is 2.27. The number of thiophene rings is 1. The van der Waals surface area contributed by atoms with E-state index in [0.717, 1.165) is 41.5 Å². The number of fused-ring (bicyclic) bond motifs is 1. The largest absolute Gasteiger partial charge is 0.369 e. The van der Waals surface area contributed by atoms with Crippen molar-refractivity contribution >= 4 is 33.3 Å². The molecule has 0 saturated carbocycles. The molecule has 0 bridgehead atoms. The van der Waals surface area contributed by atoms with Crippen molar-refractivity contribution in [1.29, 1.82) is 0 Å². The van der Waals surface area contributed by atoms with Gasteiger partial charge in [0.1, 0.15) is 10.6 Å². The predicted molar refractivity (Wildman–Crippen MR) is 88.7 cm³/mol. The van der Waals surface area contributed by atoms with Gasteiger partial charge in [0.25, 0.3) is 0 Å². The third-order valence-electron chi connectivity index (χ3n) is 3.59. The zero-order valence-corrected chi connectivity index (χ0v) is 13.5. The Kier molecular flexibility index (Phi) is 5.17. The van der Waals surface area contributed by atoms with Crippen LogP contribution in [0.15, 0.2) is 11.4 Å². The molecule has 0 fully saturated rings. The summed E-state index contributed by atoms with van der Waals surface area (Å²) < 4.78 is 0. The third-order valence-corrected chi connectivity index (χ3v) is 4.39. The van der Waals surface area contributed by atoms with E-state index in [1.807, 2.05) is 0 Å². The molecule has 20 heavy (non-hydrogen) atoms. The minimum absolute atomic E-state index is 0.616. The summed E-state index contributed by atoms with van der Waals surface area (Å²) in [5.74, 6) is 2.95. The highest BCUT2D eigenvalue weighted by molar-refractivity contribution is 7.16. The van der Waals surface area contributed by atoms with E-state index >= 15 is 0 Å². The second-order valence-corrected chi connectivity index (χ2v) is 6.46. The van der Waals surface area contributed by atoms with Crippen LogP contribution in [0.2, 0.25) is 0 Å². The van der Waals surface area contributed by atoms with E-state index in [2.05, 4.69) is 59.7 Å². The van der Waals surface area contributed by atoms with Gasteiger partial charge in [0, 0.05) is 13.1 Å². The van der Waals surface area contributed by atoms with Crippen LogP contribution >= 0.6 is 11.3 Å². The first-order valence-electron chi connectivity index (χ1n) is 7.34. The summed E-state index contributed by atoms with van der Waals surface area (Å²) >= 11 is 1.66. The number of rotatable bonds is 7. The number of nitrogens with zero attached hydrogens (tertiary/aromatic N) is 2. The highest BCUT2D eigenvalue weighted by Gasteiger charge is 2.11. The Morgan fingerprint density at radius 3 is 2.70 bits per heavy atom. The molecule has 2 rings (SSSR count). The number of nitrogens with one attached hydrogen (secondary N) is 2. The van der Waals surface area contributed by atoms with E-state index in [1.54, 1.807) is 11.3 Å². The maximum atomic E-state index is 4.62. The lowest BCUT2D eigenvalue weighted by Gasteiger charge is -2.17. The molecule has 4 nitrogen and oxygen atoms in total. The molecule has 2 aromatic heterocycles. The molecule has 110 valence electrons. The zero-order valence-electron chi connectivity index (χ0n) is 12.7. The second-order valence-electron chi connectivity index (χ2n) is 5.56. The van der Waals surface area contributed by atoms with Crippen molar-refractivity contribution in [3.8, 4) is 0 Å². The van der Waals surface area contributed by atoms with E-state index in [9.17, 15) is 0 Å². The topological polar surface area (TPSA) is 49.8 Å². The van der Waals surface area contributed by atoms with Crippen LogP contribution in [-0.4, -0.2) is 23.1 Å². The molecular formula is C15H24N4S. The minimum Gasteiger partial charge on any atom is -0.369 e. The normalized spacial score (nSPS) is 12.8. The smallest absolute Gasteiger partial charge is 0.226 e. The summed E-state index contributed by atoms with van der Waals surface area (Å²) in [4.78, 5) is 10.2. The average molecular weight is 292 g/mol. The first kappa shape index (κ1) is 15.0. The van der Waals surface area contributed by atoms with E-state index in [1.165, 1.54) is 0 Å². The molecule has 1 atom stereocenters. The van der Waals surface area contributed by atoms with E-state index in [-0.39, 0.29) is 0 Å². The van der Waals surface area contributed by atoms with Crippen LogP contribution in [-0.2, 0) is 0 Å².